The van der Waals surface area contributed by atoms with E-state index in [0.717, 1.165) is 5.56 Å². The zero-order chi connectivity index (χ0) is 8.39. The number of benzene rings is 1. The maximum absolute atomic E-state index is 3.80. The van der Waals surface area contributed by atoms with Crippen LogP contribution in [0.3, 0.4) is 0 Å². The SMILES string of the molecule is Cc1ccc(C2=NN=[N+]N2)cc1. The summed E-state index contributed by atoms with van der Waals surface area (Å²) in [5.41, 5.74) is 4.93. The van der Waals surface area contributed by atoms with E-state index >= 15 is 0 Å². The van der Waals surface area contributed by atoms with Crippen LogP contribution in [0.25, 0.3) is 0 Å². The summed E-state index contributed by atoms with van der Waals surface area (Å²) < 4.78 is 0. The number of nitrogens with zero attached hydrogens (tertiary/aromatic N) is 3. The summed E-state index contributed by atoms with van der Waals surface area (Å²) in [6.45, 7) is 2.04. The minimum Gasteiger partial charge on any atom is -0.118 e. The van der Waals surface area contributed by atoms with E-state index in [9.17, 15) is 0 Å². The van der Waals surface area contributed by atoms with Gasteiger partial charge in [-0.1, -0.05) is 17.7 Å². The number of hydrogen-bond donors (Lipinski definition) is 1. The van der Waals surface area contributed by atoms with Crippen molar-refractivity contribution in [2.75, 3.05) is 0 Å². The van der Waals surface area contributed by atoms with E-state index in [4.69, 9.17) is 0 Å². The fourth-order valence-corrected chi connectivity index (χ4v) is 0.993. The molecule has 1 aliphatic heterocycles. The first-order chi connectivity index (χ1) is 5.86. The van der Waals surface area contributed by atoms with Crippen molar-refractivity contribution in [3.63, 3.8) is 0 Å². The molecule has 4 heteroatoms. The number of aryl methyl sites for hydroxylation is 1. The summed E-state index contributed by atoms with van der Waals surface area (Å²) in [5.74, 6) is 0.704. The molecule has 0 bridgehead atoms. The van der Waals surface area contributed by atoms with Crippen LogP contribution in [0.15, 0.2) is 34.6 Å². The molecule has 1 heterocycles. The van der Waals surface area contributed by atoms with Gasteiger partial charge in [-0.25, -0.2) is 0 Å². The van der Waals surface area contributed by atoms with E-state index in [1.165, 1.54) is 5.56 Å². The van der Waals surface area contributed by atoms with Crippen molar-refractivity contribution in [3.8, 4) is 0 Å². The summed E-state index contributed by atoms with van der Waals surface area (Å²) in [5, 5.41) is 10.8. The predicted molar refractivity (Wildman–Crippen MR) is 45.4 cm³/mol. The van der Waals surface area contributed by atoms with Gasteiger partial charge < -0.3 is 0 Å². The van der Waals surface area contributed by atoms with Gasteiger partial charge in [0.1, 0.15) is 5.10 Å². The van der Waals surface area contributed by atoms with E-state index in [0.29, 0.717) is 5.84 Å². The molecule has 1 N–H and O–H groups in total. The molecule has 1 aliphatic rings. The molecule has 0 aliphatic carbocycles. The van der Waals surface area contributed by atoms with Crippen molar-refractivity contribution in [2.24, 2.45) is 10.3 Å². The third kappa shape index (κ3) is 1.18. The van der Waals surface area contributed by atoms with E-state index in [1.54, 1.807) is 0 Å². The highest BCUT2D eigenvalue weighted by Gasteiger charge is 2.16. The Labute approximate surface area is 70.0 Å². The molecule has 59 valence electrons. The van der Waals surface area contributed by atoms with Gasteiger partial charge in [0.2, 0.25) is 5.22 Å². The molecule has 4 nitrogen and oxygen atoms in total. The quantitative estimate of drug-likeness (QED) is 0.653. The predicted octanol–water partition coefficient (Wildman–Crippen LogP) is 0.963. The minimum absolute atomic E-state index is 0.704. The molecule has 1 aromatic carbocycles. The van der Waals surface area contributed by atoms with Gasteiger partial charge in [0, 0.05) is 5.56 Å². The Morgan fingerprint density at radius 1 is 1.25 bits per heavy atom. The lowest BCUT2D eigenvalue weighted by Gasteiger charge is -1.93. The molecule has 0 amide bonds. The van der Waals surface area contributed by atoms with Crippen LogP contribution in [0.5, 0.6) is 0 Å². The molecule has 0 saturated carbocycles. The van der Waals surface area contributed by atoms with Crippen molar-refractivity contribution in [2.45, 2.75) is 6.92 Å². The van der Waals surface area contributed by atoms with E-state index < -0.39 is 0 Å². The minimum atomic E-state index is 0.704. The van der Waals surface area contributed by atoms with Gasteiger partial charge in [-0.05, 0) is 19.1 Å². The summed E-state index contributed by atoms with van der Waals surface area (Å²) in [6, 6.07) is 8.02. The molecular weight excluding hydrogens is 152 g/mol. The molecule has 0 spiro atoms. The molecule has 0 atom stereocenters. The molecule has 0 aromatic heterocycles. The second kappa shape index (κ2) is 2.73. The molecule has 0 fully saturated rings. The maximum Gasteiger partial charge on any atom is 0.316 e. The van der Waals surface area contributed by atoms with Crippen molar-refractivity contribution >= 4 is 5.84 Å². The Hall–Kier alpha value is -1.71. The van der Waals surface area contributed by atoms with E-state index in [-0.39, 0.29) is 0 Å². The molecule has 1 radical (unpaired) electrons. The fraction of sp³-hybridized carbons (Fsp3) is 0.125. The van der Waals surface area contributed by atoms with Gasteiger partial charge in [0.25, 0.3) is 0 Å². The van der Waals surface area contributed by atoms with Crippen molar-refractivity contribution in [1.29, 1.82) is 0 Å². The summed E-state index contributed by atoms with van der Waals surface area (Å²) >= 11 is 0. The Bertz CT molecular complexity index is 337. The van der Waals surface area contributed by atoms with E-state index in [1.807, 2.05) is 31.2 Å². The van der Waals surface area contributed by atoms with Gasteiger partial charge in [0.15, 0.2) is 5.22 Å². The molecule has 12 heavy (non-hydrogen) atoms. The highest BCUT2D eigenvalue weighted by molar-refractivity contribution is 5.98. The molecule has 2 rings (SSSR count). The second-order valence-electron chi connectivity index (χ2n) is 2.62. The number of nitrogens with one attached hydrogen (secondary N) is 1. The number of hydrogen-bond acceptors (Lipinski definition) is 4. The van der Waals surface area contributed by atoms with E-state index in [2.05, 4.69) is 21.0 Å². The van der Waals surface area contributed by atoms with Crippen LogP contribution in [0, 0.1) is 6.92 Å². The smallest absolute Gasteiger partial charge is 0.118 e. The largest absolute Gasteiger partial charge is 0.316 e. The molecule has 1 aromatic rings. The summed E-state index contributed by atoms with van der Waals surface area (Å²) in [6.07, 6.45) is 0. The van der Waals surface area contributed by atoms with Crippen molar-refractivity contribution < 1.29 is 0 Å². The first-order valence-corrected chi connectivity index (χ1v) is 3.67. The zero-order valence-corrected chi connectivity index (χ0v) is 6.65. The Kier molecular flexibility index (Phi) is 1.59. The highest BCUT2D eigenvalue weighted by atomic mass is 15.6. The molecule has 0 saturated heterocycles. The first-order valence-electron chi connectivity index (χ1n) is 3.67. The highest BCUT2D eigenvalue weighted by Crippen LogP contribution is 2.04. The van der Waals surface area contributed by atoms with Gasteiger partial charge >= 0.3 is 5.84 Å². The summed E-state index contributed by atoms with van der Waals surface area (Å²) in [7, 11) is 0. The Morgan fingerprint density at radius 3 is 2.58 bits per heavy atom. The third-order valence-corrected chi connectivity index (χ3v) is 1.67. The van der Waals surface area contributed by atoms with Crippen LogP contribution in [0.2, 0.25) is 0 Å². The van der Waals surface area contributed by atoms with Gasteiger partial charge in [-0.2, -0.15) is 0 Å². The number of rotatable bonds is 1. The van der Waals surface area contributed by atoms with Gasteiger partial charge in [-0.15, -0.1) is 5.43 Å². The number of amidine groups is 1. The van der Waals surface area contributed by atoms with Crippen LogP contribution in [-0.4, -0.2) is 5.84 Å². The monoisotopic (exact) mass is 160 g/mol. The van der Waals surface area contributed by atoms with Crippen molar-refractivity contribution in [3.05, 3.63) is 35.4 Å². The Balaban J connectivity index is 2.30. The Morgan fingerprint density at radius 2 is 2.00 bits per heavy atom. The molecule has 0 unspecified atom stereocenters. The lowest BCUT2D eigenvalue weighted by Crippen LogP contribution is -2.20. The third-order valence-electron chi connectivity index (χ3n) is 1.67. The average molecular weight is 160 g/mol. The van der Waals surface area contributed by atoms with Gasteiger partial charge in [-0.3, -0.25) is 0 Å². The summed E-state index contributed by atoms with van der Waals surface area (Å²) in [4.78, 5) is 0. The van der Waals surface area contributed by atoms with Crippen LogP contribution in [-0.2, 0) is 0 Å². The van der Waals surface area contributed by atoms with Crippen LogP contribution in [0.1, 0.15) is 11.1 Å². The average Bonchev–Trinajstić information content (AvgIpc) is 2.58. The second-order valence-corrected chi connectivity index (χ2v) is 2.62. The standard InChI is InChI=1S/C8H8N4/c1-6-2-4-7(5-3-6)8-9-11-12-10-8/h2-5H,1H3,(H,9,10,11)/q+1. The van der Waals surface area contributed by atoms with Crippen molar-refractivity contribution in [1.82, 2.24) is 10.6 Å². The lowest BCUT2D eigenvalue weighted by atomic mass is 10.1. The van der Waals surface area contributed by atoms with Crippen LogP contribution < -0.4 is 10.6 Å². The van der Waals surface area contributed by atoms with Gasteiger partial charge in [0.05, 0.1) is 0 Å². The maximum atomic E-state index is 3.80. The normalized spacial score (nSPS) is 14.2. The topological polar surface area (TPSA) is 50.9 Å². The van der Waals surface area contributed by atoms with Crippen LogP contribution >= 0.6 is 0 Å². The lowest BCUT2D eigenvalue weighted by molar-refractivity contribution is 0.818. The fourth-order valence-electron chi connectivity index (χ4n) is 0.993. The van der Waals surface area contributed by atoms with Crippen LogP contribution in [0.4, 0.5) is 0 Å². The zero-order valence-electron chi connectivity index (χ0n) is 6.65. The molecular formula is C8H8N4+. The first kappa shape index (κ1) is 6.97.